The Labute approximate surface area is 127 Å². The van der Waals surface area contributed by atoms with Crippen molar-refractivity contribution in [2.45, 2.75) is 44.7 Å². The van der Waals surface area contributed by atoms with Crippen LogP contribution in [0.15, 0.2) is 30.3 Å². The molecule has 1 aliphatic rings. The standard InChI is InChI=1S/C17H26N2O2/c1-13(7-8-14-5-3-2-4-6-14)19-17(20)16(18)15-9-11-21-12-10-15/h2-6,13,15-16H,7-12,18H2,1H3,(H,19,20). The lowest BCUT2D eigenvalue weighted by molar-refractivity contribution is -0.125. The molecule has 1 aromatic rings. The van der Waals surface area contributed by atoms with Gasteiger partial charge in [0.1, 0.15) is 0 Å². The van der Waals surface area contributed by atoms with Gasteiger partial charge in [-0.3, -0.25) is 4.79 Å². The molecule has 1 aliphatic heterocycles. The third-order valence-corrected chi connectivity index (χ3v) is 4.17. The van der Waals surface area contributed by atoms with Crippen molar-refractivity contribution >= 4 is 5.91 Å². The Bertz CT molecular complexity index is 430. The third-order valence-electron chi connectivity index (χ3n) is 4.17. The fourth-order valence-electron chi connectivity index (χ4n) is 2.73. The smallest absolute Gasteiger partial charge is 0.237 e. The molecule has 1 saturated heterocycles. The number of aryl methyl sites for hydroxylation is 1. The molecule has 1 amide bonds. The maximum Gasteiger partial charge on any atom is 0.237 e. The minimum atomic E-state index is -0.409. The van der Waals surface area contributed by atoms with Crippen molar-refractivity contribution in [3.8, 4) is 0 Å². The van der Waals surface area contributed by atoms with E-state index in [2.05, 4.69) is 17.4 Å². The number of ether oxygens (including phenoxy) is 1. The number of nitrogens with two attached hydrogens (primary N) is 1. The SMILES string of the molecule is CC(CCc1ccccc1)NC(=O)C(N)C1CCOCC1. The predicted octanol–water partition coefficient (Wildman–Crippen LogP) is 1.88. The fourth-order valence-corrected chi connectivity index (χ4v) is 2.73. The van der Waals surface area contributed by atoms with Gasteiger partial charge in [0, 0.05) is 19.3 Å². The molecule has 3 N–H and O–H groups in total. The summed E-state index contributed by atoms with van der Waals surface area (Å²) >= 11 is 0. The molecule has 2 unspecified atom stereocenters. The highest BCUT2D eigenvalue weighted by molar-refractivity contribution is 5.82. The number of benzene rings is 1. The van der Waals surface area contributed by atoms with E-state index in [1.54, 1.807) is 0 Å². The average molecular weight is 290 g/mol. The number of hydrogen-bond acceptors (Lipinski definition) is 3. The molecular weight excluding hydrogens is 264 g/mol. The molecule has 1 aromatic carbocycles. The molecule has 1 fully saturated rings. The molecule has 4 heteroatoms. The molecule has 0 saturated carbocycles. The molecule has 0 aromatic heterocycles. The Kier molecular flexibility index (Phi) is 6.21. The second-order valence-electron chi connectivity index (χ2n) is 5.91. The molecule has 1 heterocycles. The normalized spacial score (nSPS) is 19.0. The number of carbonyl (C=O) groups excluding carboxylic acids is 1. The summed E-state index contributed by atoms with van der Waals surface area (Å²) in [6.45, 7) is 3.47. The van der Waals surface area contributed by atoms with E-state index in [4.69, 9.17) is 10.5 Å². The zero-order chi connectivity index (χ0) is 15.1. The van der Waals surface area contributed by atoms with Crippen molar-refractivity contribution in [2.75, 3.05) is 13.2 Å². The molecule has 4 nitrogen and oxygen atoms in total. The van der Waals surface area contributed by atoms with Gasteiger partial charge < -0.3 is 15.8 Å². The summed E-state index contributed by atoms with van der Waals surface area (Å²) in [5.74, 6) is 0.225. The summed E-state index contributed by atoms with van der Waals surface area (Å²) < 4.78 is 5.31. The van der Waals surface area contributed by atoms with Crippen LogP contribution < -0.4 is 11.1 Å². The lowest BCUT2D eigenvalue weighted by Crippen LogP contribution is -2.49. The van der Waals surface area contributed by atoms with Crippen molar-refractivity contribution in [1.29, 1.82) is 0 Å². The van der Waals surface area contributed by atoms with Crippen LogP contribution in [-0.4, -0.2) is 31.2 Å². The van der Waals surface area contributed by atoms with Crippen molar-refractivity contribution in [3.05, 3.63) is 35.9 Å². The fraction of sp³-hybridized carbons (Fsp3) is 0.588. The van der Waals surface area contributed by atoms with E-state index in [1.807, 2.05) is 25.1 Å². The summed E-state index contributed by atoms with van der Waals surface area (Å²) in [6.07, 6.45) is 3.66. The van der Waals surface area contributed by atoms with Crippen LogP contribution in [0.4, 0.5) is 0 Å². The van der Waals surface area contributed by atoms with E-state index < -0.39 is 6.04 Å². The van der Waals surface area contributed by atoms with E-state index in [-0.39, 0.29) is 17.9 Å². The first-order chi connectivity index (χ1) is 10.2. The predicted molar refractivity (Wildman–Crippen MR) is 83.9 cm³/mol. The number of hydrogen-bond donors (Lipinski definition) is 2. The van der Waals surface area contributed by atoms with Crippen LogP contribution in [0, 0.1) is 5.92 Å². The highest BCUT2D eigenvalue weighted by Crippen LogP contribution is 2.17. The Morgan fingerprint density at radius 1 is 1.33 bits per heavy atom. The van der Waals surface area contributed by atoms with Gasteiger partial charge >= 0.3 is 0 Å². The Balaban J connectivity index is 1.73. The van der Waals surface area contributed by atoms with Gasteiger partial charge in [-0.15, -0.1) is 0 Å². The minimum Gasteiger partial charge on any atom is -0.381 e. The third kappa shape index (κ3) is 5.14. The second kappa shape index (κ2) is 8.15. The van der Waals surface area contributed by atoms with Crippen LogP contribution in [0.25, 0.3) is 0 Å². The highest BCUT2D eigenvalue weighted by atomic mass is 16.5. The molecular formula is C17H26N2O2. The Morgan fingerprint density at radius 2 is 2.00 bits per heavy atom. The molecule has 0 spiro atoms. The maximum atomic E-state index is 12.2. The molecule has 0 radical (unpaired) electrons. The number of amides is 1. The van der Waals surface area contributed by atoms with Crippen molar-refractivity contribution in [1.82, 2.24) is 5.32 Å². The first-order valence-corrected chi connectivity index (χ1v) is 7.84. The molecule has 0 aliphatic carbocycles. The van der Waals surface area contributed by atoms with Gasteiger partial charge in [0.15, 0.2) is 0 Å². The lowest BCUT2D eigenvalue weighted by atomic mass is 9.91. The maximum absolute atomic E-state index is 12.2. The van der Waals surface area contributed by atoms with Gasteiger partial charge in [-0.25, -0.2) is 0 Å². The van der Waals surface area contributed by atoms with E-state index in [0.29, 0.717) is 0 Å². The van der Waals surface area contributed by atoms with Crippen molar-refractivity contribution in [2.24, 2.45) is 11.7 Å². The minimum absolute atomic E-state index is 0.0255. The highest BCUT2D eigenvalue weighted by Gasteiger charge is 2.27. The van der Waals surface area contributed by atoms with E-state index in [1.165, 1.54) is 5.56 Å². The Hall–Kier alpha value is -1.39. The lowest BCUT2D eigenvalue weighted by Gasteiger charge is -2.27. The topological polar surface area (TPSA) is 64.4 Å². The summed E-state index contributed by atoms with van der Waals surface area (Å²) in [5.41, 5.74) is 7.38. The Morgan fingerprint density at radius 3 is 2.67 bits per heavy atom. The summed E-state index contributed by atoms with van der Waals surface area (Å²) in [4.78, 5) is 12.2. The number of nitrogens with one attached hydrogen (secondary N) is 1. The summed E-state index contributed by atoms with van der Waals surface area (Å²) in [5, 5.41) is 3.04. The van der Waals surface area contributed by atoms with Gasteiger partial charge in [-0.05, 0) is 44.1 Å². The van der Waals surface area contributed by atoms with E-state index >= 15 is 0 Å². The average Bonchev–Trinajstić information content (AvgIpc) is 2.54. The van der Waals surface area contributed by atoms with Crippen LogP contribution in [0.2, 0.25) is 0 Å². The molecule has 2 rings (SSSR count). The van der Waals surface area contributed by atoms with Gasteiger partial charge in [-0.1, -0.05) is 30.3 Å². The van der Waals surface area contributed by atoms with Crippen LogP contribution in [0.3, 0.4) is 0 Å². The number of rotatable bonds is 6. The van der Waals surface area contributed by atoms with Crippen molar-refractivity contribution < 1.29 is 9.53 Å². The van der Waals surface area contributed by atoms with Crippen molar-refractivity contribution in [3.63, 3.8) is 0 Å². The zero-order valence-electron chi connectivity index (χ0n) is 12.8. The van der Waals surface area contributed by atoms with E-state index in [0.717, 1.165) is 38.9 Å². The zero-order valence-corrected chi connectivity index (χ0v) is 12.8. The van der Waals surface area contributed by atoms with E-state index in [9.17, 15) is 4.79 Å². The van der Waals surface area contributed by atoms with Gasteiger partial charge in [0.25, 0.3) is 0 Å². The summed E-state index contributed by atoms with van der Waals surface area (Å²) in [6, 6.07) is 10.1. The van der Waals surface area contributed by atoms with Gasteiger partial charge in [0.2, 0.25) is 5.91 Å². The largest absolute Gasteiger partial charge is 0.381 e. The molecule has 0 bridgehead atoms. The first-order valence-electron chi connectivity index (χ1n) is 7.84. The first kappa shape index (κ1) is 16.0. The molecule has 2 atom stereocenters. The quantitative estimate of drug-likeness (QED) is 0.841. The second-order valence-corrected chi connectivity index (χ2v) is 5.91. The molecule has 116 valence electrons. The van der Waals surface area contributed by atoms with Crippen LogP contribution in [-0.2, 0) is 16.0 Å². The van der Waals surface area contributed by atoms with Gasteiger partial charge in [-0.2, -0.15) is 0 Å². The summed E-state index contributed by atoms with van der Waals surface area (Å²) in [7, 11) is 0. The monoisotopic (exact) mass is 290 g/mol. The van der Waals surface area contributed by atoms with Crippen LogP contribution in [0.1, 0.15) is 31.7 Å². The molecule has 21 heavy (non-hydrogen) atoms. The van der Waals surface area contributed by atoms with Gasteiger partial charge in [0.05, 0.1) is 6.04 Å². The van der Waals surface area contributed by atoms with Crippen LogP contribution in [0.5, 0.6) is 0 Å². The van der Waals surface area contributed by atoms with Crippen LogP contribution >= 0.6 is 0 Å². The number of carbonyl (C=O) groups is 1.